The molecule has 0 saturated heterocycles. The Bertz CT molecular complexity index is 270. The van der Waals surface area contributed by atoms with Gasteiger partial charge in [-0.05, 0) is 25.4 Å². The number of aliphatic imine (C=N–C) groups is 2. The molecule has 0 aliphatic carbocycles. The number of halogens is 5. The van der Waals surface area contributed by atoms with Crippen molar-refractivity contribution in [2.24, 2.45) is 15.9 Å². The van der Waals surface area contributed by atoms with Crippen molar-refractivity contribution in [2.75, 3.05) is 0 Å². The molecule has 0 aromatic carbocycles. The van der Waals surface area contributed by atoms with E-state index in [9.17, 15) is 13.2 Å². The zero-order valence-electron chi connectivity index (χ0n) is 8.44. The van der Waals surface area contributed by atoms with E-state index in [1.165, 1.54) is 13.8 Å². The quantitative estimate of drug-likeness (QED) is 0.411. The largest absolute Gasteiger partial charge is 0.393 e. The summed E-state index contributed by atoms with van der Waals surface area (Å²) >= 11 is 10.9. The van der Waals surface area contributed by atoms with Gasteiger partial charge < -0.3 is 0 Å². The van der Waals surface area contributed by atoms with Crippen LogP contribution in [0.15, 0.2) is 9.98 Å². The Morgan fingerprint density at radius 1 is 1.20 bits per heavy atom. The van der Waals surface area contributed by atoms with Gasteiger partial charge in [-0.15, -0.1) is 0 Å². The van der Waals surface area contributed by atoms with E-state index in [1.54, 1.807) is 0 Å². The Labute approximate surface area is 96.2 Å². The molecular weight excluding hydrogens is 252 g/mol. The summed E-state index contributed by atoms with van der Waals surface area (Å²) in [7, 11) is 0. The summed E-state index contributed by atoms with van der Waals surface area (Å²) in [6, 6.07) is -0.989. The standard InChI is InChI=1S/C8H11Cl2F3N2/c1-4(8(11,12)13)5(2)14-7(10)15-6(3)9/h4-5H,1-3H3/b14-7-,15-6+/t4?,5-/m0/s1. The van der Waals surface area contributed by atoms with E-state index >= 15 is 0 Å². The first-order valence-corrected chi connectivity index (χ1v) is 4.91. The van der Waals surface area contributed by atoms with Crippen LogP contribution in [0.5, 0.6) is 0 Å². The van der Waals surface area contributed by atoms with Gasteiger partial charge in [0.05, 0.1) is 12.0 Å². The molecule has 0 spiro atoms. The van der Waals surface area contributed by atoms with Gasteiger partial charge in [-0.2, -0.15) is 13.2 Å². The van der Waals surface area contributed by atoms with Gasteiger partial charge in [-0.1, -0.05) is 18.5 Å². The van der Waals surface area contributed by atoms with Crippen LogP contribution in [0, 0.1) is 5.92 Å². The van der Waals surface area contributed by atoms with Crippen molar-refractivity contribution in [1.29, 1.82) is 0 Å². The van der Waals surface area contributed by atoms with Crippen molar-refractivity contribution in [2.45, 2.75) is 33.0 Å². The first kappa shape index (κ1) is 14.7. The van der Waals surface area contributed by atoms with E-state index in [-0.39, 0.29) is 10.5 Å². The SMILES string of the molecule is C/C(Cl)=N\C(Cl)=N/[C@@H](C)C(C)C(F)(F)F. The van der Waals surface area contributed by atoms with Gasteiger partial charge in [0.1, 0.15) is 5.17 Å². The maximum absolute atomic E-state index is 12.2. The molecule has 15 heavy (non-hydrogen) atoms. The van der Waals surface area contributed by atoms with Crippen molar-refractivity contribution < 1.29 is 13.2 Å². The number of hydrogen-bond acceptors (Lipinski definition) is 1. The highest BCUT2D eigenvalue weighted by molar-refractivity contribution is 6.71. The molecule has 2 nitrogen and oxygen atoms in total. The molecule has 0 radical (unpaired) electrons. The Kier molecular flexibility index (Phi) is 5.59. The second-order valence-corrected chi connectivity index (χ2v) is 3.96. The normalized spacial score (nSPS) is 18.9. The van der Waals surface area contributed by atoms with Crippen LogP contribution in [-0.4, -0.2) is 22.7 Å². The minimum Gasteiger partial charge on any atom is -0.252 e. The van der Waals surface area contributed by atoms with E-state index in [2.05, 4.69) is 9.98 Å². The van der Waals surface area contributed by atoms with Gasteiger partial charge in [0.2, 0.25) is 5.29 Å². The zero-order chi connectivity index (χ0) is 12.2. The van der Waals surface area contributed by atoms with Gasteiger partial charge in [-0.25, -0.2) is 4.99 Å². The van der Waals surface area contributed by atoms with Gasteiger partial charge in [-0.3, -0.25) is 4.99 Å². The van der Waals surface area contributed by atoms with E-state index in [4.69, 9.17) is 23.2 Å². The van der Waals surface area contributed by atoms with Crippen LogP contribution >= 0.6 is 23.2 Å². The highest BCUT2D eigenvalue weighted by Crippen LogP contribution is 2.29. The van der Waals surface area contributed by atoms with Crippen molar-refractivity contribution in [3.05, 3.63) is 0 Å². The third-order valence-corrected chi connectivity index (χ3v) is 2.06. The molecular formula is C8H11Cl2F3N2. The third kappa shape index (κ3) is 5.99. The summed E-state index contributed by atoms with van der Waals surface area (Å²) in [5, 5.41) is -0.151. The molecule has 0 bridgehead atoms. The first-order valence-electron chi connectivity index (χ1n) is 4.15. The van der Waals surface area contributed by atoms with Crippen LogP contribution in [0.2, 0.25) is 0 Å². The number of alkyl halides is 3. The molecule has 0 N–H and O–H groups in total. The van der Waals surface area contributed by atoms with Crippen LogP contribution in [-0.2, 0) is 0 Å². The minimum absolute atomic E-state index is 0.121. The average Bonchev–Trinajstić information content (AvgIpc) is 1.99. The van der Waals surface area contributed by atoms with Crippen LogP contribution < -0.4 is 0 Å². The Hall–Kier alpha value is -0.290. The predicted octanol–water partition coefficient (Wildman–Crippen LogP) is 3.83. The van der Waals surface area contributed by atoms with Crippen molar-refractivity contribution in [3.8, 4) is 0 Å². The summed E-state index contributed by atoms with van der Waals surface area (Å²) in [4.78, 5) is 7.09. The van der Waals surface area contributed by atoms with E-state index in [1.807, 2.05) is 0 Å². The second kappa shape index (κ2) is 5.70. The molecule has 0 fully saturated rings. The summed E-state index contributed by atoms with van der Waals surface area (Å²) in [5.41, 5.74) is 0. The Morgan fingerprint density at radius 3 is 2.00 bits per heavy atom. The van der Waals surface area contributed by atoms with Crippen molar-refractivity contribution in [1.82, 2.24) is 0 Å². The summed E-state index contributed by atoms with van der Waals surface area (Å²) in [6.45, 7) is 3.81. The molecule has 88 valence electrons. The fourth-order valence-corrected chi connectivity index (χ4v) is 1.11. The fraction of sp³-hybridized carbons (Fsp3) is 0.750. The number of amidine groups is 1. The van der Waals surface area contributed by atoms with E-state index in [0.29, 0.717) is 0 Å². The van der Waals surface area contributed by atoms with Gasteiger partial charge in [0, 0.05) is 0 Å². The second-order valence-electron chi connectivity index (χ2n) is 3.08. The minimum atomic E-state index is -4.29. The van der Waals surface area contributed by atoms with Gasteiger partial charge in [0.15, 0.2) is 0 Å². The molecule has 0 rings (SSSR count). The van der Waals surface area contributed by atoms with Crippen LogP contribution in [0.25, 0.3) is 0 Å². The maximum Gasteiger partial charge on any atom is 0.393 e. The summed E-state index contributed by atoms with van der Waals surface area (Å²) in [6.07, 6.45) is -4.29. The molecule has 0 aromatic heterocycles. The summed E-state index contributed by atoms with van der Waals surface area (Å²) in [5.74, 6) is -1.57. The highest BCUT2D eigenvalue weighted by atomic mass is 35.5. The average molecular weight is 263 g/mol. The van der Waals surface area contributed by atoms with Crippen molar-refractivity contribution in [3.63, 3.8) is 0 Å². The Morgan fingerprint density at radius 2 is 1.67 bits per heavy atom. The lowest BCUT2D eigenvalue weighted by Crippen LogP contribution is -2.28. The molecule has 0 saturated carbocycles. The fourth-order valence-electron chi connectivity index (χ4n) is 0.709. The molecule has 7 heteroatoms. The molecule has 2 atom stereocenters. The van der Waals surface area contributed by atoms with Gasteiger partial charge in [0.25, 0.3) is 0 Å². The predicted molar refractivity (Wildman–Crippen MR) is 56.9 cm³/mol. The lowest BCUT2D eigenvalue weighted by Gasteiger charge is -2.19. The monoisotopic (exact) mass is 262 g/mol. The molecule has 0 aliphatic heterocycles. The lowest BCUT2D eigenvalue weighted by atomic mass is 10.0. The summed E-state index contributed by atoms with van der Waals surface area (Å²) < 4.78 is 36.7. The van der Waals surface area contributed by atoms with Crippen LogP contribution in [0.1, 0.15) is 20.8 Å². The molecule has 0 amide bonds. The van der Waals surface area contributed by atoms with Gasteiger partial charge >= 0.3 is 6.18 Å². The third-order valence-electron chi connectivity index (χ3n) is 1.80. The van der Waals surface area contributed by atoms with E-state index < -0.39 is 18.1 Å². The molecule has 0 aliphatic rings. The molecule has 1 unspecified atom stereocenters. The highest BCUT2D eigenvalue weighted by Gasteiger charge is 2.39. The first-order chi connectivity index (χ1) is 6.64. The smallest absolute Gasteiger partial charge is 0.252 e. The number of rotatable bonds is 2. The lowest BCUT2D eigenvalue weighted by molar-refractivity contribution is -0.173. The number of hydrogen-bond donors (Lipinski definition) is 0. The zero-order valence-corrected chi connectivity index (χ0v) is 9.95. The topological polar surface area (TPSA) is 24.7 Å². The molecule has 0 aromatic rings. The molecule has 0 heterocycles. The van der Waals surface area contributed by atoms with E-state index in [0.717, 1.165) is 6.92 Å². The van der Waals surface area contributed by atoms with Crippen LogP contribution in [0.4, 0.5) is 13.2 Å². The Balaban J connectivity index is 4.61. The van der Waals surface area contributed by atoms with Crippen LogP contribution in [0.3, 0.4) is 0 Å². The van der Waals surface area contributed by atoms with Crippen molar-refractivity contribution >= 4 is 33.7 Å². The maximum atomic E-state index is 12.2. The number of nitrogens with zero attached hydrogens (tertiary/aromatic N) is 2.